The minimum Gasteiger partial charge on any atom is -0.494 e. The first-order chi connectivity index (χ1) is 59.2. The van der Waals surface area contributed by atoms with Gasteiger partial charge in [-0.15, -0.1) is 0 Å². The monoisotopic (exact) mass is 1660 g/mol. The number of aromatic nitrogens is 3. The molecule has 121 heavy (non-hydrogen) atoms. The number of fused-ring (bicyclic) bond motifs is 6. The van der Waals surface area contributed by atoms with E-state index in [1.54, 1.807) is 41.8 Å². The normalized spacial score (nSPS) is 14.0. The minimum absolute atomic E-state index is 0.0481. The van der Waals surface area contributed by atoms with Crippen LogP contribution in [0.3, 0.4) is 0 Å². The van der Waals surface area contributed by atoms with Gasteiger partial charge >= 0.3 is 12.1 Å². The van der Waals surface area contributed by atoms with Crippen LogP contribution in [-0.2, 0) is 115 Å². The Labute approximate surface area is 703 Å². The first kappa shape index (κ1) is 90.8. The van der Waals surface area contributed by atoms with E-state index in [2.05, 4.69) is 97.0 Å². The Morgan fingerprint density at radius 3 is 1.84 bits per heavy atom. The molecule has 644 valence electrons. The number of rotatable bonds is 55. The third-order valence-corrected chi connectivity index (χ3v) is 21.0. The van der Waals surface area contributed by atoms with Gasteiger partial charge in [0.05, 0.1) is 160 Å². The number of para-hydroxylation sites is 1. The van der Waals surface area contributed by atoms with Gasteiger partial charge in [0.25, 0.3) is 5.56 Å². The summed E-state index contributed by atoms with van der Waals surface area (Å²) in [6, 6.07) is 48.9. The fraction of sp³-hybridized carbons (Fsp3) is 0.440. The van der Waals surface area contributed by atoms with Gasteiger partial charge in [-0.2, -0.15) is 0 Å². The number of pyridine rings is 2. The average molecular weight is 1660 g/mol. The Bertz CT molecular complexity index is 4870. The highest BCUT2D eigenvalue weighted by atomic mass is 16.6. The number of cyclic esters (lactones) is 1. The molecule has 3 atom stereocenters. The number of unbranched alkanes of at least 4 members (excludes halogenated alkanes) is 1. The predicted octanol–water partition coefficient (Wildman–Crippen LogP) is 10.9. The molecule has 30 nitrogen and oxygen atoms in total. The van der Waals surface area contributed by atoms with Crippen LogP contribution in [0.5, 0.6) is 5.75 Å². The number of carbonyl (C=O) groups is 5. The highest BCUT2D eigenvalue weighted by molar-refractivity contribution is 5.99. The molecular formula is C91H111N11O19. The van der Waals surface area contributed by atoms with Crippen LogP contribution < -0.4 is 36.9 Å². The smallest absolute Gasteiger partial charge is 0.407 e. The number of hydrogen-bond acceptors (Lipinski definition) is 22. The molecule has 9 aromatic rings. The van der Waals surface area contributed by atoms with E-state index >= 15 is 0 Å². The van der Waals surface area contributed by atoms with Gasteiger partial charge in [0.1, 0.15) is 31.0 Å². The van der Waals surface area contributed by atoms with E-state index < -0.39 is 53.0 Å². The van der Waals surface area contributed by atoms with E-state index in [0.717, 1.165) is 55.2 Å². The summed E-state index contributed by atoms with van der Waals surface area (Å²) in [6.45, 7) is 13.8. The van der Waals surface area contributed by atoms with Gasteiger partial charge in [0.2, 0.25) is 17.7 Å². The summed E-state index contributed by atoms with van der Waals surface area (Å²) in [5, 5.41) is 32.3. The lowest BCUT2D eigenvalue weighted by molar-refractivity contribution is -0.172. The van der Waals surface area contributed by atoms with Gasteiger partial charge in [0, 0.05) is 70.1 Å². The zero-order valence-electron chi connectivity index (χ0n) is 69.1. The third kappa shape index (κ3) is 25.8. The Kier molecular flexibility index (Phi) is 35.9. The number of nitrogens with zero attached hydrogens (tertiary/aromatic N) is 5. The maximum absolute atomic E-state index is 14.9. The lowest BCUT2D eigenvalue weighted by atomic mass is 9.76. The second-order valence-corrected chi connectivity index (χ2v) is 29.2. The van der Waals surface area contributed by atoms with E-state index in [0.29, 0.717) is 172 Å². The van der Waals surface area contributed by atoms with Crippen LogP contribution in [0.1, 0.15) is 108 Å². The number of hydrogen-bond donors (Lipinski definition) is 7. The van der Waals surface area contributed by atoms with E-state index in [4.69, 9.17) is 67.4 Å². The van der Waals surface area contributed by atoms with Crippen molar-refractivity contribution in [3.8, 4) is 17.1 Å². The molecule has 7 N–H and O–H groups in total. The summed E-state index contributed by atoms with van der Waals surface area (Å²) in [4.78, 5) is 94.2. The van der Waals surface area contributed by atoms with Crippen molar-refractivity contribution >= 4 is 57.3 Å². The number of aromatic amines is 1. The van der Waals surface area contributed by atoms with Crippen molar-refractivity contribution in [3.05, 3.63) is 240 Å². The highest BCUT2D eigenvalue weighted by Crippen LogP contribution is 2.42. The largest absolute Gasteiger partial charge is 0.494 e. The quantitative estimate of drug-likeness (QED) is 0.00465. The number of nitrogens with one attached hydrogen (secondary N) is 6. The van der Waals surface area contributed by atoms with E-state index in [9.17, 15) is 33.9 Å². The number of carbonyl (C=O) groups excluding carboxylic acids is 5. The molecule has 0 saturated heterocycles. The van der Waals surface area contributed by atoms with Gasteiger partial charge in [-0.25, -0.2) is 14.6 Å². The number of benzene rings is 6. The molecule has 11 rings (SSSR count). The lowest BCUT2D eigenvalue weighted by Gasteiger charge is -2.37. The second kappa shape index (κ2) is 47.9. The van der Waals surface area contributed by atoms with Crippen molar-refractivity contribution in [1.82, 2.24) is 35.8 Å². The van der Waals surface area contributed by atoms with Crippen molar-refractivity contribution in [2.45, 2.75) is 115 Å². The molecule has 2 aliphatic rings. The zero-order chi connectivity index (χ0) is 84.9. The highest BCUT2D eigenvalue weighted by Gasteiger charge is 2.46. The van der Waals surface area contributed by atoms with Gasteiger partial charge in [-0.05, 0) is 133 Å². The molecule has 0 aliphatic carbocycles. The number of anilines is 1. The molecule has 0 spiro atoms. The molecular weight excluding hydrogens is 1550 g/mol. The summed E-state index contributed by atoms with van der Waals surface area (Å²) >= 11 is 0. The summed E-state index contributed by atoms with van der Waals surface area (Å²) < 4.78 is 68.6. The Hall–Kier alpha value is -11.0. The maximum Gasteiger partial charge on any atom is 0.407 e. The van der Waals surface area contributed by atoms with Crippen LogP contribution in [0.4, 0.5) is 10.5 Å². The lowest BCUT2D eigenvalue weighted by Crippen LogP contribution is -2.53. The van der Waals surface area contributed by atoms with Crippen LogP contribution in [0.15, 0.2) is 174 Å². The number of esters is 1. The van der Waals surface area contributed by atoms with Crippen LogP contribution in [-0.4, -0.2) is 207 Å². The fourth-order valence-electron chi connectivity index (χ4n) is 14.6. The molecule has 3 aromatic heterocycles. The number of aliphatic hydroxyl groups is 1. The van der Waals surface area contributed by atoms with Crippen molar-refractivity contribution in [1.29, 1.82) is 0 Å². The Balaban J connectivity index is 0.637. The molecule has 2 aliphatic heterocycles. The second-order valence-electron chi connectivity index (χ2n) is 29.2. The Morgan fingerprint density at radius 1 is 0.636 bits per heavy atom. The summed E-state index contributed by atoms with van der Waals surface area (Å²) in [5.74, 6) is -1.61. The van der Waals surface area contributed by atoms with Crippen LogP contribution in [0, 0.1) is 6.92 Å². The summed E-state index contributed by atoms with van der Waals surface area (Å²) in [6.07, 6.45) is 3.76. The topological polar surface area (TPSA) is 376 Å². The molecule has 4 amide bonds. The number of ether oxygens (including phenoxy) is 12. The molecule has 0 fully saturated rings. The molecule has 30 heteroatoms. The average Bonchev–Trinajstić information content (AvgIpc) is 1.38. The number of aryl methyl sites for hydroxylation is 2. The number of H-pyrrole nitrogens is 1. The van der Waals surface area contributed by atoms with Crippen molar-refractivity contribution in [2.24, 2.45) is 5.11 Å². The van der Waals surface area contributed by atoms with Gasteiger partial charge in [-0.1, -0.05) is 140 Å². The van der Waals surface area contributed by atoms with E-state index in [1.807, 2.05) is 92.0 Å². The SMILES string of the molecule is CCc1c2c(nc3ccc(OCCCNC(=O)OCc4ccc(NC(=O)[C@H](CCCCNC(c5ccccc5)(c5ccccc5)c5ccc(C)cc5)NC(=O)[C@H](Cc5c[nH]c6ccccc56)NC(=O)CCOCCOCCOCCOCCOCCOCCOCCOCCOCCN=[N+]=[N-])cc4)cc13)-c1cc3c(c(=O)n1C2)COC(=O)[C@]3(O)CC. The van der Waals surface area contributed by atoms with Gasteiger partial charge < -0.3 is 92.8 Å². The molecule has 0 bridgehead atoms. The Morgan fingerprint density at radius 2 is 1.23 bits per heavy atom. The van der Waals surface area contributed by atoms with Gasteiger partial charge in [-0.3, -0.25) is 24.5 Å². The standard InChI is InChI=1S/C91H111N11O19/c1-4-72-74-58-71(32-33-79(74)99-84-75(72)61-102-82(84)59-77-76(87(102)106)63-120-88(107)90(77,109)5-2)119-38-16-35-93-89(108)121-62-65-26-30-70(31-27-65)97-85(104)80(23-14-15-36-95-91(67-17-8-6-9-18-67,68-19-10-7-11-20-68)69-28-24-64(3)25-29-69)100-86(105)81(57-66-60-94-78-22-13-12-21-73(66)78)98-83(103)34-39-110-41-43-112-45-47-114-49-51-116-53-55-118-56-54-117-52-50-115-48-46-113-44-42-111-40-37-96-101-92/h6-13,17-22,24-33,58-60,80-81,94-95,109H,4-5,14-16,23,34-57,61-63H2,1-3H3,(H,93,108)(H,97,104)(H,98,103)(H,100,105)/t80-,81-,90-/m0/s1. The van der Waals surface area contributed by atoms with Crippen molar-refractivity contribution < 1.29 is 85.9 Å². The van der Waals surface area contributed by atoms with Gasteiger partial charge in [0.15, 0.2) is 5.60 Å². The van der Waals surface area contributed by atoms with Crippen LogP contribution >= 0.6 is 0 Å². The van der Waals surface area contributed by atoms with E-state index in [1.165, 1.54) is 0 Å². The van der Waals surface area contributed by atoms with Crippen molar-refractivity contribution in [2.75, 3.05) is 150 Å². The van der Waals surface area contributed by atoms with Crippen LogP contribution in [0.25, 0.3) is 43.6 Å². The first-order valence-corrected chi connectivity index (χ1v) is 41.6. The van der Waals surface area contributed by atoms with Crippen LogP contribution in [0.2, 0.25) is 0 Å². The molecule has 6 aromatic carbocycles. The maximum atomic E-state index is 14.9. The number of alkyl carbamates (subject to hydrolysis) is 1. The molecule has 0 unspecified atom stereocenters. The predicted molar refractivity (Wildman–Crippen MR) is 455 cm³/mol. The number of azide groups is 1. The first-order valence-electron chi connectivity index (χ1n) is 41.6. The minimum atomic E-state index is -1.93. The molecule has 0 radical (unpaired) electrons. The zero-order valence-corrected chi connectivity index (χ0v) is 69.1. The summed E-state index contributed by atoms with van der Waals surface area (Å²) in [7, 11) is 0. The summed E-state index contributed by atoms with van der Waals surface area (Å²) in [5.41, 5.74) is 16.6. The van der Waals surface area contributed by atoms with Crippen molar-refractivity contribution in [3.63, 3.8) is 0 Å². The third-order valence-electron chi connectivity index (χ3n) is 21.0. The van der Waals surface area contributed by atoms with E-state index in [-0.39, 0.29) is 95.1 Å². The molecule has 5 heterocycles. The fourth-order valence-corrected chi connectivity index (χ4v) is 14.6. The molecule has 0 saturated carbocycles. The number of amides is 4.